The highest BCUT2D eigenvalue weighted by molar-refractivity contribution is 6.28. The number of carbonyl (C=O) groups excluding carboxylic acids is 1. The summed E-state index contributed by atoms with van der Waals surface area (Å²) in [5.74, 6) is -0.120. The van der Waals surface area contributed by atoms with Gasteiger partial charge >= 0.3 is 0 Å². The van der Waals surface area contributed by atoms with E-state index in [1.54, 1.807) is 17.9 Å². The van der Waals surface area contributed by atoms with E-state index in [0.29, 0.717) is 24.4 Å². The number of aromatic nitrogens is 2. The zero-order chi connectivity index (χ0) is 13.8. The second-order valence-electron chi connectivity index (χ2n) is 4.82. The lowest BCUT2D eigenvalue weighted by atomic mass is 9.91. The molecule has 1 aliphatic rings. The SMILES string of the molecule is Cc1cc(C(=O)N(CCCO)C2CCC2)nc(Cl)n1. The van der Waals surface area contributed by atoms with E-state index in [0.717, 1.165) is 19.3 Å². The van der Waals surface area contributed by atoms with Crippen molar-refractivity contribution in [3.8, 4) is 0 Å². The molecule has 0 spiro atoms. The maximum absolute atomic E-state index is 12.5. The van der Waals surface area contributed by atoms with E-state index in [4.69, 9.17) is 16.7 Å². The normalized spacial score (nSPS) is 15.1. The van der Waals surface area contributed by atoms with Crippen LogP contribution in [0.25, 0.3) is 0 Å². The average Bonchev–Trinajstić information content (AvgIpc) is 2.29. The molecule has 1 N–H and O–H groups in total. The smallest absolute Gasteiger partial charge is 0.272 e. The molecule has 0 aliphatic heterocycles. The highest BCUT2D eigenvalue weighted by Gasteiger charge is 2.29. The Morgan fingerprint density at radius 1 is 1.53 bits per heavy atom. The molecule has 5 nitrogen and oxygen atoms in total. The average molecular weight is 284 g/mol. The van der Waals surface area contributed by atoms with Gasteiger partial charge in [-0.3, -0.25) is 4.79 Å². The Morgan fingerprint density at radius 3 is 2.79 bits per heavy atom. The first kappa shape index (κ1) is 14.2. The summed E-state index contributed by atoms with van der Waals surface area (Å²) in [6, 6.07) is 1.92. The molecule has 1 heterocycles. The van der Waals surface area contributed by atoms with Crippen molar-refractivity contribution in [2.75, 3.05) is 13.2 Å². The molecule has 0 atom stereocenters. The Kier molecular flexibility index (Phi) is 4.71. The topological polar surface area (TPSA) is 66.3 Å². The fraction of sp³-hybridized carbons (Fsp3) is 0.615. The highest BCUT2D eigenvalue weighted by atomic mass is 35.5. The molecule has 19 heavy (non-hydrogen) atoms. The Morgan fingerprint density at radius 2 is 2.26 bits per heavy atom. The maximum atomic E-state index is 12.5. The van der Waals surface area contributed by atoms with Gasteiger partial charge in [0.15, 0.2) is 0 Å². The van der Waals surface area contributed by atoms with Crippen LogP contribution < -0.4 is 0 Å². The predicted octanol–water partition coefficient (Wildman–Crippen LogP) is 1.82. The predicted molar refractivity (Wildman–Crippen MR) is 72.2 cm³/mol. The Labute approximate surface area is 117 Å². The second kappa shape index (κ2) is 6.30. The van der Waals surface area contributed by atoms with Crippen LogP contribution in [-0.4, -0.2) is 45.1 Å². The minimum atomic E-state index is -0.120. The second-order valence-corrected chi connectivity index (χ2v) is 5.16. The third kappa shape index (κ3) is 3.42. The number of aliphatic hydroxyl groups excluding tert-OH is 1. The molecule has 0 aromatic carbocycles. The van der Waals surface area contributed by atoms with Crippen LogP contribution in [0.1, 0.15) is 41.9 Å². The van der Waals surface area contributed by atoms with Gasteiger partial charge in [-0.25, -0.2) is 9.97 Å². The first-order valence-electron chi connectivity index (χ1n) is 6.55. The number of nitrogens with zero attached hydrogens (tertiary/aromatic N) is 3. The molecule has 2 rings (SSSR count). The van der Waals surface area contributed by atoms with Gasteiger partial charge in [-0.1, -0.05) is 0 Å². The van der Waals surface area contributed by atoms with E-state index in [1.807, 2.05) is 0 Å². The zero-order valence-corrected chi connectivity index (χ0v) is 11.7. The number of hydrogen-bond donors (Lipinski definition) is 1. The molecule has 1 aromatic heterocycles. The first-order valence-corrected chi connectivity index (χ1v) is 6.92. The fourth-order valence-corrected chi connectivity index (χ4v) is 2.40. The molecule has 1 saturated carbocycles. The quantitative estimate of drug-likeness (QED) is 0.837. The van der Waals surface area contributed by atoms with E-state index in [2.05, 4.69) is 9.97 Å². The van der Waals surface area contributed by atoms with E-state index >= 15 is 0 Å². The van der Waals surface area contributed by atoms with Crippen molar-refractivity contribution in [2.24, 2.45) is 0 Å². The number of halogens is 1. The van der Waals surface area contributed by atoms with Crippen molar-refractivity contribution >= 4 is 17.5 Å². The lowest BCUT2D eigenvalue weighted by Crippen LogP contribution is -2.45. The summed E-state index contributed by atoms with van der Waals surface area (Å²) in [4.78, 5) is 22.3. The molecule has 1 amide bonds. The third-order valence-electron chi connectivity index (χ3n) is 3.38. The molecular weight excluding hydrogens is 266 g/mol. The summed E-state index contributed by atoms with van der Waals surface area (Å²) in [5.41, 5.74) is 1.02. The number of amides is 1. The molecule has 6 heteroatoms. The molecule has 104 valence electrons. The van der Waals surface area contributed by atoms with Crippen LogP contribution in [0.3, 0.4) is 0 Å². The van der Waals surface area contributed by atoms with Crippen molar-refractivity contribution in [1.29, 1.82) is 0 Å². The number of carbonyl (C=O) groups is 1. The third-order valence-corrected chi connectivity index (χ3v) is 3.55. The lowest BCUT2D eigenvalue weighted by Gasteiger charge is -2.37. The van der Waals surface area contributed by atoms with Crippen LogP contribution in [0.5, 0.6) is 0 Å². The van der Waals surface area contributed by atoms with Crippen LogP contribution in [0, 0.1) is 6.92 Å². The summed E-state index contributed by atoms with van der Waals surface area (Å²) >= 11 is 5.80. The summed E-state index contributed by atoms with van der Waals surface area (Å²) in [7, 11) is 0. The van der Waals surface area contributed by atoms with Crippen LogP contribution >= 0.6 is 11.6 Å². The minimum absolute atomic E-state index is 0.0834. The highest BCUT2D eigenvalue weighted by Crippen LogP contribution is 2.26. The van der Waals surface area contributed by atoms with E-state index in [-0.39, 0.29) is 23.8 Å². The fourth-order valence-electron chi connectivity index (χ4n) is 2.18. The van der Waals surface area contributed by atoms with Crippen molar-refractivity contribution in [2.45, 2.75) is 38.6 Å². The van der Waals surface area contributed by atoms with Gasteiger partial charge in [0.1, 0.15) is 5.69 Å². The van der Waals surface area contributed by atoms with Crippen LogP contribution in [0.2, 0.25) is 5.28 Å². The van der Waals surface area contributed by atoms with Gasteiger partial charge < -0.3 is 10.0 Å². The van der Waals surface area contributed by atoms with Gasteiger partial charge in [0.2, 0.25) is 5.28 Å². The van der Waals surface area contributed by atoms with Crippen molar-refractivity contribution in [1.82, 2.24) is 14.9 Å². The van der Waals surface area contributed by atoms with Crippen LogP contribution in [-0.2, 0) is 0 Å². The summed E-state index contributed by atoms with van der Waals surface area (Å²) < 4.78 is 0. The Bertz CT molecular complexity index is 443. The Balaban J connectivity index is 2.17. The zero-order valence-electron chi connectivity index (χ0n) is 11.0. The van der Waals surface area contributed by atoms with Gasteiger partial charge in [0.05, 0.1) is 0 Å². The number of rotatable bonds is 5. The number of hydrogen-bond acceptors (Lipinski definition) is 4. The van der Waals surface area contributed by atoms with E-state index in [1.165, 1.54) is 0 Å². The lowest BCUT2D eigenvalue weighted by molar-refractivity contribution is 0.0556. The first-order chi connectivity index (χ1) is 9.11. The summed E-state index contributed by atoms with van der Waals surface area (Å²) in [5, 5.41) is 9.04. The van der Waals surface area contributed by atoms with E-state index < -0.39 is 0 Å². The summed E-state index contributed by atoms with van der Waals surface area (Å²) in [6.07, 6.45) is 3.78. The number of aryl methyl sites for hydroxylation is 1. The minimum Gasteiger partial charge on any atom is -0.396 e. The molecule has 0 unspecified atom stereocenters. The summed E-state index contributed by atoms with van der Waals surface area (Å²) in [6.45, 7) is 2.42. The molecular formula is C13H18ClN3O2. The van der Waals surface area contributed by atoms with Crippen molar-refractivity contribution < 1.29 is 9.90 Å². The van der Waals surface area contributed by atoms with Gasteiger partial charge in [-0.2, -0.15) is 0 Å². The van der Waals surface area contributed by atoms with Crippen LogP contribution in [0.15, 0.2) is 6.07 Å². The molecule has 1 aromatic rings. The van der Waals surface area contributed by atoms with E-state index in [9.17, 15) is 4.79 Å². The largest absolute Gasteiger partial charge is 0.396 e. The van der Waals surface area contributed by atoms with Gasteiger partial charge in [0, 0.05) is 24.9 Å². The molecule has 1 aliphatic carbocycles. The molecule has 1 fully saturated rings. The monoisotopic (exact) mass is 283 g/mol. The number of aliphatic hydroxyl groups is 1. The molecule has 0 radical (unpaired) electrons. The standard InChI is InChI=1S/C13H18ClN3O2/c1-9-8-11(16-13(14)15-9)12(19)17(6-3-7-18)10-4-2-5-10/h8,10,18H,2-7H2,1H3. The molecule has 0 saturated heterocycles. The van der Waals surface area contributed by atoms with Crippen molar-refractivity contribution in [3.05, 3.63) is 22.7 Å². The van der Waals surface area contributed by atoms with Crippen LogP contribution in [0.4, 0.5) is 0 Å². The molecule has 0 bridgehead atoms. The maximum Gasteiger partial charge on any atom is 0.272 e. The van der Waals surface area contributed by atoms with Gasteiger partial charge in [0.25, 0.3) is 5.91 Å². The van der Waals surface area contributed by atoms with Crippen molar-refractivity contribution in [3.63, 3.8) is 0 Å². The Hall–Kier alpha value is -1.20. The van der Waals surface area contributed by atoms with Gasteiger partial charge in [-0.05, 0) is 50.3 Å². The van der Waals surface area contributed by atoms with Gasteiger partial charge in [-0.15, -0.1) is 0 Å².